The van der Waals surface area contributed by atoms with Crippen molar-refractivity contribution in [3.05, 3.63) is 101 Å². The molecule has 40 heavy (non-hydrogen) atoms. The van der Waals surface area contributed by atoms with Gasteiger partial charge in [-0.15, -0.1) is 0 Å². The molecule has 2 atom stereocenters. The van der Waals surface area contributed by atoms with Crippen LogP contribution in [-0.4, -0.2) is 35.8 Å². The number of nitrogens with zero attached hydrogens (tertiary/aromatic N) is 1. The third-order valence-electron chi connectivity index (χ3n) is 8.31. The van der Waals surface area contributed by atoms with Crippen molar-refractivity contribution in [1.29, 1.82) is 0 Å². The SMILES string of the molecule is O=C(N[C@@H]1CCC[C@@H]1C(=O)Nc1ccc(-c2ccccc2CN2CCCC2)cc1)c1ccc2cc(Cl)ccc2c1. The highest BCUT2D eigenvalue weighted by Crippen LogP contribution is 2.30. The number of amides is 2. The molecule has 0 unspecified atom stereocenters. The molecule has 5 nitrogen and oxygen atoms in total. The van der Waals surface area contributed by atoms with Gasteiger partial charge in [0.05, 0.1) is 5.92 Å². The van der Waals surface area contributed by atoms with Crippen LogP contribution in [-0.2, 0) is 11.3 Å². The number of rotatable bonds is 7. The Morgan fingerprint density at radius 2 is 1.57 bits per heavy atom. The molecule has 1 aliphatic carbocycles. The van der Waals surface area contributed by atoms with E-state index in [0.29, 0.717) is 10.6 Å². The van der Waals surface area contributed by atoms with Crippen molar-refractivity contribution >= 4 is 39.9 Å². The Balaban J connectivity index is 1.10. The first-order chi connectivity index (χ1) is 19.5. The average molecular weight is 552 g/mol. The molecule has 1 aliphatic heterocycles. The van der Waals surface area contributed by atoms with Crippen LogP contribution < -0.4 is 10.6 Å². The number of likely N-dealkylation sites (tertiary alicyclic amines) is 1. The number of anilines is 1. The number of carbonyl (C=O) groups is 2. The van der Waals surface area contributed by atoms with E-state index in [1.54, 1.807) is 0 Å². The van der Waals surface area contributed by atoms with Gasteiger partial charge < -0.3 is 10.6 Å². The zero-order valence-corrected chi connectivity index (χ0v) is 23.3. The minimum atomic E-state index is -0.260. The Kier molecular flexibility index (Phi) is 7.85. The summed E-state index contributed by atoms with van der Waals surface area (Å²) >= 11 is 6.09. The highest BCUT2D eigenvalue weighted by molar-refractivity contribution is 6.31. The van der Waals surface area contributed by atoms with Crippen molar-refractivity contribution in [2.75, 3.05) is 18.4 Å². The maximum Gasteiger partial charge on any atom is 0.251 e. The lowest BCUT2D eigenvalue weighted by molar-refractivity contribution is -0.120. The van der Waals surface area contributed by atoms with E-state index < -0.39 is 0 Å². The number of fused-ring (bicyclic) bond motifs is 1. The highest BCUT2D eigenvalue weighted by Gasteiger charge is 2.34. The Hall–Kier alpha value is -3.67. The Morgan fingerprint density at radius 3 is 2.40 bits per heavy atom. The molecule has 2 aliphatic rings. The molecule has 6 heteroatoms. The van der Waals surface area contributed by atoms with Crippen LogP contribution in [0.5, 0.6) is 0 Å². The minimum absolute atomic E-state index is 0.0434. The second-order valence-electron chi connectivity index (χ2n) is 11.0. The molecule has 204 valence electrons. The minimum Gasteiger partial charge on any atom is -0.349 e. The summed E-state index contributed by atoms with van der Waals surface area (Å²) in [7, 11) is 0. The second kappa shape index (κ2) is 11.8. The summed E-state index contributed by atoms with van der Waals surface area (Å²) in [6, 6.07) is 27.7. The lowest BCUT2D eigenvalue weighted by atomic mass is 9.98. The topological polar surface area (TPSA) is 61.4 Å². The second-order valence-corrected chi connectivity index (χ2v) is 11.5. The fourth-order valence-corrected chi connectivity index (χ4v) is 6.33. The fraction of sp³-hybridized carbons (Fsp3) is 0.294. The van der Waals surface area contributed by atoms with Gasteiger partial charge in [0.25, 0.3) is 5.91 Å². The molecule has 1 saturated heterocycles. The van der Waals surface area contributed by atoms with Gasteiger partial charge in [0.2, 0.25) is 5.91 Å². The first kappa shape index (κ1) is 26.5. The number of halogens is 1. The van der Waals surface area contributed by atoms with Gasteiger partial charge in [-0.1, -0.05) is 66.6 Å². The van der Waals surface area contributed by atoms with Gasteiger partial charge in [-0.3, -0.25) is 14.5 Å². The van der Waals surface area contributed by atoms with E-state index in [4.69, 9.17) is 11.6 Å². The van der Waals surface area contributed by atoms with Crippen molar-refractivity contribution < 1.29 is 9.59 Å². The van der Waals surface area contributed by atoms with Gasteiger partial charge in [-0.25, -0.2) is 0 Å². The zero-order valence-electron chi connectivity index (χ0n) is 22.5. The fourth-order valence-electron chi connectivity index (χ4n) is 6.15. The van der Waals surface area contributed by atoms with Crippen molar-refractivity contribution in [3.8, 4) is 11.1 Å². The van der Waals surface area contributed by atoms with Gasteiger partial charge in [-0.05, 0) is 103 Å². The lowest BCUT2D eigenvalue weighted by Gasteiger charge is -2.21. The Morgan fingerprint density at radius 1 is 0.825 bits per heavy atom. The van der Waals surface area contributed by atoms with Crippen molar-refractivity contribution in [3.63, 3.8) is 0 Å². The van der Waals surface area contributed by atoms with Gasteiger partial charge in [-0.2, -0.15) is 0 Å². The molecule has 1 saturated carbocycles. The summed E-state index contributed by atoms with van der Waals surface area (Å²) in [6.07, 6.45) is 5.02. The van der Waals surface area contributed by atoms with Crippen LogP contribution in [0, 0.1) is 5.92 Å². The number of carbonyl (C=O) groups excluding carboxylic acids is 2. The predicted molar refractivity (Wildman–Crippen MR) is 163 cm³/mol. The summed E-state index contributed by atoms with van der Waals surface area (Å²) in [4.78, 5) is 28.9. The standard InChI is InChI=1S/C34H34ClN3O2/c35-28-15-12-24-20-26(11-10-25(24)21-28)33(39)37-32-9-5-8-31(32)34(40)36-29-16-13-23(14-17-29)30-7-2-1-6-27(30)22-38-18-3-4-19-38/h1-2,6-7,10-17,20-21,31-32H,3-5,8-9,18-19,22H2,(H,36,40)(H,37,39)/t31-,32+/m0/s1. The average Bonchev–Trinajstić information content (AvgIpc) is 3.66. The van der Waals surface area contributed by atoms with E-state index in [-0.39, 0.29) is 23.8 Å². The zero-order chi connectivity index (χ0) is 27.5. The summed E-state index contributed by atoms with van der Waals surface area (Å²) in [5.41, 5.74) is 5.08. The normalized spacial score (nSPS) is 19.1. The maximum absolute atomic E-state index is 13.3. The van der Waals surface area contributed by atoms with Crippen molar-refractivity contribution in [2.45, 2.75) is 44.7 Å². The van der Waals surface area contributed by atoms with Crippen LogP contribution in [0.3, 0.4) is 0 Å². The van der Waals surface area contributed by atoms with Gasteiger partial charge in [0, 0.05) is 28.9 Å². The smallest absolute Gasteiger partial charge is 0.251 e. The van der Waals surface area contributed by atoms with E-state index >= 15 is 0 Å². The molecular formula is C34H34ClN3O2. The van der Waals surface area contributed by atoms with Crippen LogP contribution >= 0.6 is 11.6 Å². The quantitative estimate of drug-likeness (QED) is 0.253. The van der Waals surface area contributed by atoms with Crippen LogP contribution in [0.15, 0.2) is 84.9 Å². The van der Waals surface area contributed by atoms with Gasteiger partial charge in [0.1, 0.15) is 0 Å². The molecular weight excluding hydrogens is 518 g/mol. The lowest BCUT2D eigenvalue weighted by Crippen LogP contribution is -2.41. The number of nitrogens with one attached hydrogen (secondary N) is 2. The molecule has 2 amide bonds. The molecule has 0 bridgehead atoms. The molecule has 2 N–H and O–H groups in total. The molecule has 1 heterocycles. The first-order valence-corrected chi connectivity index (χ1v) is 14.6. The Bertz CT molecular complexity index is 1530. The Labute approximate surface area is 240 Å². The van der Waals surface area contributed by atoms with Crippen molar-refractivity contribution in [2.24, 2.45) is 5.92 Å². The summed E-state index contributed by atoms with van der Waals surface area (Å²) < 4.78 is 0. The van der Waals surface area contributed by atoms with E-state index in [0.717, 1.165) is 47.8 Å². The summed E-state index contributed by atoms with van der Waals surface area (Å²) in [5, 5.41) is 8.84. The van der Waals surface area contributed by atoms with Crippen LogP contribution in [0.2, 0.25) is 5.02 Å². The number of hydrogen-bond acceptors (Lipinski definition) is 3. The number of benzene rings is 4. The third-order valence-corrected chi connectivity index (χ3v) is 8.54. The molecule has 4 aromatic carbocycles. The van der Waals surface area contributed by atoms with Crippen molar-refractivity contribution in [1.82, 2.24) is 10.2 Å². The molecule has 4 aromatic rings. The molecule has 6 rings (SSSR count). The summed E-state index contributed by atoms with van der Waals surface area (Å²) in [5.74, 6) is -0.458. The predicted octanol–water partition coefficient (Wildman–Crippen LogP) is 7.29. The summed E-state index contributed by atoms with van der Waals surface area (Å²) in [6.45, 7) is 3.30. The highest BCUT2D eigenvalue weighted by atomic mass is 35.5. The van der Waals surface area contributed by atoms with Crippen LogP contribution in [0.25, 0.3) is 21.9 Å². The monoisotopic (exact) mass is 551 g/mol. The maximum atomic E-state index is 13.3. The van der Waals surface area contributed by atoms with Crippen LogP contribution in [0.4, 0.5) is 5.69 Å². The molecule has 0 aromatic heterocycles. The first-order valence-electron chi connectivity index (χ1n) is 14.3. The van der Waals surface area contributed by atoms with Gasteiger partial charge >= 0.3 is 0 Å². The third kappa shape index (κ3) is 5.91. The van der Waals surface area contributed by atoms with Gasteiger partial charge in [0.15, 0.2) is 0 Å². The molecule has 2 fully saturated rings. The molecule has 0 spiro atoms. The van der Waals surface area contributed by atoms with E-state index in [2.05, 4.69) is 51.9 Å². The van der Waals surface area contributed by atoms with E-state index in [1.807, 2.05) is 48.5 Å². The van der Waals surface area contributed by atoms with E-state index in [1.165, 1.54) is 37.1 Å². The van der Waals surface area contributed by atoms with Crippen LogP contribution in [0.1, 0.15) is 48.0 Å². The van der Waals surface area contributed by atoms with E-state index in [9.17, 15) is 9.59 Å². The number of hydrogen-bond donors (Lipinski definition) is 2. The molecule has 0 radical (unpaired) electrons. The largest absolute Gasteiger partial charge is 0.349 e.